The van der Waals surface area contributed by atoms with Crippen LogP contribution in [0.2, 0.25) is 0 Å². The number of nitro groups is 1. The van der Waals surface area contributed by atoms with Crippen LogP contribution in [-0.2, 0) is 4.74 Å². The summed E-state index contributed by atoms with van der Waals surface area (Å²) in [6.45, 7) is 7.11. The van der Waals surface area contributed by atoms with Gasteiger partial charge in [0, 0.05) is 37.9 Å². The van der Waals surface area contributed by atoms with Crippen LogP contribution in [-0.4, -0.2) is 44.2 Å². The maximum absolute atomic E-state index is 11.7. The number of anilines is 2. The minimum absolute atomic E-state index is 0.0709. The van der Waals surface area contributed by atoms with Gasteiger partial charge in [-0.05, 0) is 37.1 Å². The fourth-order valence-electron chi connectivity index (χ4n) is 3.66. The number of benzene rings is 2. The Morgan fingerprint density at radius 2 is 1.63 bits per heavy atom. The van der Waals surface area contributed by atoms with Crippen LogP contribution in [0.4, 0.5) is 17.1 Å². The Morgan fingerprint density at radius 3 is 2.19 bits per heavy atom. The number of rotatable bonds is 4. The number of hydrogen-bond donors (Lipinski definition) is 0. The van der Waals surface area contributed by atoms with E-state index in [1.54, 1.807) is 12.1 Å². The molecule has 3 rings (SSSR count). The summed E-state index contributed by atoms with van der Waals surface area (Å²) in [5, 5.41) is 11.5. The maximum atomic E-state index is 11.7. The zero-order valence-electron chi connectivity index (χ0n) is 15.8. The topological polar surface area (TPSA) is 75.9 Å². The third-order valence-electron chi connectivity index (χ3n) is 4.97. The number of methoxy groups -OCH3 is 1. The molecule has 2 aromatic rings. The molecule has 1 aliphatic heterocycles. The summed E-state index contributed by atoms with van der Waals surface area (Å²) in [6.07, 6.45) is 0. The first-order valence-electron chi connectivity index (χ1n) is 8.85. The second-order valence-corrected chi connectivity index (χ2v) is 6.67. The zero-order valence-corrected chi connectivity index (χ0v) is 15.8. The average molecular weight is 369 g/mol. The summed E-state index contributed by atoms with van der Waals surface area (Å²) < 4.78 is 4.66. The van der Waals surface area contributed by atoms with E-state index in [0.717, 1.165) is 13.1 Å². The van der Waals surface area contributed by atoms with Crippen molar-refractivity contribution in [2.24, 2.45) is 0 Å². The van der Waals surface area contributed by atoms with E-state index in [9.17, 15) is 14.9 Å². The standard InChI is InChI=1S/C20H23N3O4/c1-14-5-4-6-15(2)19(14)22-11-9-21(10-12-22)17-8-7-16(20(24)27-3)13-18(17)23(25)26/h4-8,13H,9-12H2,1-3H3. The van der Waals surface area contributed by atoms with Crippen molar-refractivity contribution >= 4 is 23.0 Å². The van der Waals surface area contributed by atoms with E-state index in [-0.39, 0.29) is 11.3 Å². The highest BCUT2D eigenvalue weighted by Gasteiger charge is 2.26. The Balaban J connectivity index is 1.82. The third kappa shape index (κ3) is 3.72. The average Bonchev–Trinajstić information content (AvgIpc) is 2.67. The SMILES string of the molecule is COC(=O)c1ccc(N2CCN(c3c(C)cccc3C)CC2)c([N+](=O)[O-])c1. The van der Waals surface area contributed by atoms with Crippen LogP contribution in [0.15, 0.2) is 36.4 Å². The smallest absolute Gasteiger partial charge is 0.338 e. The van der Waals surface area contributed by atoms with E-state index in [0.29, 0.717) is 18.8 Å². The van der Waals surface area contributed by atoms with Gasteiger partial charge in [0.15, 0.2) is 0 Å². The van der Waals surface area contributed by atoms with Gasteiger partial charge in [0.1, 0.15) is 5.69 Å². The summed E-state index contributed by atoms with van der Waals surface area (Å²) in [4.78, 5) is 27.1. The second-order valence-electron chi connectivity index (χ2n) is 6.67. The van der Waals surface area contributed by atoms with E-state index in [1.165, 1.54) is 30.0 Å². The molecule has 7 nitrogen and oxygen atoms in total. The fraction of sp³-hybridized carbons (Fsp3) is 0.350. The molecule has 7 heteroatoms. The van der Waals surface area contributed by atoms with E-state index in [1.807, 2.05) is 4.90 Å². The molecule has 0 N–H and O–H groups in total. The molecular formula is C20H23N3O4. The van der Waals surface area contributed by atoms with Crippen molar-refractivity contribution in [3.63, 3.8) is 0 Å². The molecule has 0 aliphatic carbocycles. The predicted octanol–water partition coefficient (Wildman–Crippen LogP) is 3.32. The highest BCUT2D eigenvalue weighted by Crippen LogP contribution is 2.32. The molecule has 0 unspecified atom stereocenters. The third-order valence-corrected chi connectivity index (χ3v) is 4.97. The van der Waals surface area contributed by atoms with Crippen LogP contribution in [0.3, 0.4) is 0 Å². The van der Waals surface area contributed by atoms with Gasteiger partial charge in [-0.2, -0.15) is 0 Å². The first-order chi connectivity index (χ1) is 12.9. The number of aryl methyl sites for hydroxylation is 2. The molecule has 0 atom stereocenters. The summed E-state index contributed by atoms with van der Waals surface area (Å²) in [6, 6.07) is 10.8. The van der Waals surface area contributed by atoms with Gasteiger partial charge in [-0.1, -0.05) is 18.2 Å². The van der Waals surface area contributed by atoms with E-state index < -0.39 is 10.9 Å². The second kappa shape index (κ2) is 7.65. The molecule has 0 spiro atoms. The van der Waals surface area contributed by atoms with Crippen molar-refractivity contribution in [1.29, 1.82) is 0 Å². The molecule has 0 amide bonds. The number of piperazine rings is 1. The predicted molar refractivity (Wildman–Crippen MR) is 105 cm³/mol. The molecule has 1 saturated heterocycles. The van der Waals surface area contributed by atoms with Crippen LogP contribution >= 0.6 is 0 Å². The van der Waals surface area contributed by atoms with E-state index >= 15 is 0 Å². The van der Waals surface area contributed by atoms with Crippen LogP contribution in [0.5, 0.6) is 0 Å². The highest BCUT2D eigenvalue weighted by atomic mass is 16.6. The molecule has 1 aliphatic rings. The zero-order chi connectivity index (χ0) is 19.6. The molecule has 0 aromatic heterocycles. The normalized spacial score (nSPS) is 14.2. The summed E-state index contributed by atoms with van der Waals surface area (Å²) in [7, 11) is 1.26. The number of carbonyl (C=O) groups is 1. The van der Waals surface area contributed by atoms with Crippen molar-refractivity contribution < 1.29 is 14.5 Å². The number of ether oxygens (including phenoxy) is 1. The molecular weight excluding hydrogens is 346 g/mol. The van der Waals surface area contributed by atoms with Gasteiger partial charge in [0.2, 0.25) is 0 Å². The van der Waals surface area contributed by atoms with Gasteiger partial charge in [-0.15, -0.1) is 0 Å². The quantitative estimate of drug-likeness (QED) is 0.467. The van der Waals surface area contributed by atoms with Crippen molar-refractivity contribution in [1.82, 2.24) is 0 Å². The molecule has 1 fully saturated rings. The van der Waals surface area contributed by atoms with Gasteiger partial charge in [0.25, 0.3) is 5.69 Å². The Bertz CT molecular complexity index is 853. The molecule has 0 bridgehead atoms. The van der Waals surface area contributed by atoms with Gasteiger partial charge in [-0.25, -0.2) is 4.79 Å². The first-order valence-corrected chi connectivity index (χ1v) is 8.85. The Labute approximate surface area is 158 Å². The minimum atomic E-state index is -0.579. The van der Waals surface area contributed by atoms with Crippen molar-refractivity contribution in [3.05, 3.63) is 63.2 Å². The number of nitrogens with zero attached hydrogens (tertiary/aromatic N) is 3. The summed E-state index contributed by atoms with van der Waals surface area (Å²) in [5.74, 6) is -0.579. The largest absolute Gasteiger partial charge is 0.465 e. The monoisotopic (exact) mass is 369 g/mol. The summed E-state index contributed by atoms with van der Waals surface area (Å²) >= 11 is 0. The molecule has 27 heavy (non-hydrogen) atoms. The minimum Gasteiger partial charge on any atom is -0.465 e. The lowest BCUT2D eigenvalue weighted by molar-refractivity contribution is -0.384. The van der Waals surface area contributed by atoms with Crippen LogP contribution in [0.25, 0.3) is 0 Å². The van der Waals surface area contributed by atoms with Crippen LogP contribution in [0.1, 0.15) is 21.5 Å². The van der Waals surface area contributed by atoms with Crippen LogP contribution < -0.4 is 9.80 Å². The van der Waals surface area contributed by atoms with Crippen molar-refractivity contribution in [2.75, 3.05) is 43.1 Å². The van der Waals surface area contributed by atoms with E-state index in [2.05, 4.69) is 41.7 Å². The molecule has 0 radical (unpaired) electrons. The van der Waals surface area contributed by atoms with Crippen LogP contribution in [0, 0.1) is 24.0 Å². The molecule has 0 saturated carbocycles. The van der Waals surface area contributed by atoms with Crippen molar-refractivity contribution in [3.8, 4) is 0 Å². The Hall–Kier alpha value is -3.09. The number of para-hydroxylation sites is 1. The van der Waals surface area contributed by atoms with Gasteiger partial charge >= 0.3 is 5.97 Å². The number of hydrogen-bond acceptors (Lipinski definition) is 6. The van der Waals surface area contributed by atoms with E-state index in [4.69, 9.17) is 0 Å². The summed E-state index contributed by atoms with van der Waals surface area (Å²) in [5.41, 5.74) is 4.36. The Morgan fingerprint density at radius 1 is 1.04 bits per heavy atom. The van der Waals surface area contributed by atoms with Crippen molar-refractivity contribution in [2.45, 2.75) is 13.8 Å². The lowest BCUT2D eigenvalue weighted by Crippen LogP contribution is -2.47. The van der Waals surface area contributed by atoms with Gasteiger partial charge in [-0.3, -0.25) is 10.1 Å². The maximum Gasteiger partial charge on any atom is 0.338 e. The van der Waals surface area contributed by atoms with Gasteiger partial charge < -0.3 is 14.5 Å². The lowest BCUT2D eigenvalue weighted by Gasteiger charge is -2.38. The first kappa shape index (κ1) is 18.7. The number of esters is 1. The highest BCUT2D eigenvalue weighted by molar-refractivity contribution is 5.91. The number of nitro benzene ring substituents is 1. The van der Waals surface area contributed by atoms with Gasteiger partial charge in [0.05, 0.1) is 17.6 Å². The Kier molecular flexibility index (Phi) is 5.30. The fourth-order valence-corrected chi connectivity index (χ4v) is 3.66. The molecule has 1 heterocycles. The lowest BCUT2D eigenvalue weighted by atomic mass is 10.1. The molecule has 142 valence electrons. The molecule has 2 aromatic carbocycles. The number of carbonyl (C=O) groups excluding carboxylic acids is 1.